The van der Waals surface area contributed by atoms with Gasteiger partial charge in [-0.25, -0.2) is 0 Å². The highest BCUT2D eigenvalue weighted by atomic mass is 79.9. The first-order valence-electron chi connectivity index (χ1n) is 9.05. The molecule has 1 aromatic heterocycles. The molecule has 0 bridgehead atoms. The number of anilines is 1. The molecule has 1 N–H and O–H groups in total. The maximum Gasteiger partial charge on any atom is 0.294 e. The molecule has 156 valence electrons. The van der Waals surface area contributed by atoms with Crippen molar-refractivity contribution >= 4 is 68.1 Å². The van der Waals surface area contributed by atoms with Crippen LogP contribution in [0.5, 0.6) is 0 Å². The van der Waals surface area contributed by atoms with E-state index in [1.165, 1.54) is 6.08 Å². The fourth-order valence-electron chi connectivity index (χ4n) is 2.84. The first-order valence-corrected chi connectivity index (χ1v) is 11.0. The zero-order chi connectivity index (χ0) is 22.0. The van der Waals surface area contributed by atoms with Crippen LogP contribution in [0.25, 0.3) is 17.4 Å². The van der Waals surface area contributed by atoms with E-state index < -0.39 is 17.1 Å². The number of nitrogens with one attached hydrogen (secondary N) is 1. The van der Waals surface area contributed by atoms with Crippen LogP contribution in [-0.4, -0.2) is 28.5 Å². The third kappa shape index (κ3) is 5.10. The average Bonchev–Trinajstić information content (AvgIpc) is 3.31. The van der Waals surface area contributed by atoms with Crippen LogP contribution in [0.2, 0.25) is 5.02 Å². The van der Waals surface area contributed by atoms with Gasteiger partial charge in [0.25, 0.3) is 11.1 Å². The Bertz CT molecular complexity index is 1190. The number of amides is 3. The number of carbonyl (C=O) groups is 3. The molecular formula is C22H14BrClN2O4S. The number of benzene rings is 2. The third-order valence-electron chi connectivity index (χ3n) is 4.33. The second-order valence-corrected chi connectivity index (χ2v) is 8.88. The van der Waals surface area contributed by atoms with Crippen molar-refractivity contribution in [1.82, 2.24) is 4.90 Å². The summed E-state index contributed by atoms with van der Waals surface area (Å²) in [6.45, 7) is -0.369. The lowest BCUT2D eigenvalue weighted by molar-refractivity contribution is -0.127. The van der Waals surface area contributed by atoms with Gasteiger partial charge in [0, 0.05) is 26.8 Å². The second-order valence-electron chi connectivity index (χ2n) is 6.53. The van der Waals surface area contributed by atoms with E-state index in [9.17, 15) is 14.4 Å². The van der Waals surface area contributed by atoms with Crippen molar-refractivity contribution in [1.29, 1.82) is 0 Å². The standard InChI is InChI=1S/C22H14BrClN2O4S/c23-14-3-7-16(8-4-14)25-20(27)12-26-21(28)19(31-22(26)29)11-17-9-10-18(30-17)13-1-5-15(24)6-2-13/h1-11H,12H2,(H,25,27)/b19-11+. The van der Waals surface area contributed by atoms with E-state index in [-0.39, 0.29) is 11.4 Å². The first-order chi connectivity index (χ1) is 14.9. The highest BCUT2D eigenvalue weighted by molar-refractivity contribution is 9.10. The number of carbonyl (C=O) groups excluding carboxylic acids is 3. The molecule has 0 saturated carbocycles. The summed E-state index contributed by atoms with van der Waals surface area (Å²) in [7, 11) is 0. The SMILES string of the molecule is O=C(CN1C(=O)S/C(=C/c2ccc(-c3ccc(Cl)cc3)o2)C1=O)Nc1ccc(Br)cc1. The summed E-state index contributed by atoms with van der Waals surface area (Å²) in [4.78, 5) is 38.3. The van der Waals surface area contributed by atoms with E-state index in [4.69, 9.17) is 16.0 Å². The lowest BCUT2D eigenvalue weighted by Gasteiger charge is -2.12. The molecular weight excluding hydrogens is 504 g/mol. The summed E-state index contributed by atoms with van der Waals surface area (Å²) >= 11 is 9.99. The molecule has 31 heavy (non-hydrogen) atoms. The van der Waals surface area contributed by atoms with Crippen LogP contribution in [-0.2, 0) is 9.59 Å². The van der Waals surface area contributed by atoms with Crippen molar-refractivity contribution in [2.45, 2.75) is 0 Å². The van der Waals surface area contributed by atoms with Crippen LogP contribution in [0.1, 0.15) is 5.76 Å². The largest absolute Gasteiger partial charge is 0.457 e. The van der Waals surface area contributed by atoms with Crippen molar-refractivity contribution in [3.63, 3.8) is 0 Å². The van der Waals surface area contributed by atoms with Crippen molar-refractivity contribution in [2.24, 2.45) is 0 Å². The van der Waals surface area contributed by atoms with Gasteiger partial charge in [-0.1, -0.05) is 27.5 Å². The van der Waals surface area contributed by atoms with E-state index in [0.29, 0.717) is 22.2 Å². The summed E-state index contributed by atoms with van der Waals surface area (Å²) in [6.07, 6.45) is 1.50. The molecule has 0 atom stereocenters. The fourth-order valence-corrected chi connectivity index (χ4v) is 4.05. The van der Waals surface area contributed by atoms with Crippen molar-refractivity contribution in [3.8, 4) is 11.3 Å². The normalized spacial score (nSPS) is 15.0. The predicted octanol–water partition coefficient (Wildman–Crippen LogP) is 6.04. The maximum atomic E-state index is 12.6. The summed E-state index contributed by atoms with van der Waals surface area (Å²) < 4.78 is 6.64. The maximum absolute atomic E-state index is 12.6. The fraction of sp³-hybridized carbons (Fsp3) is 0.0455. The molecule has 0 radical (unpaired) electrons. The number of furan rings is 1. The minimum Gasteiger partial charge on any atom is -0.457 e. The summed E-state index contributed by atoms with van der Waals surface area (Å²) in [5.41, 5.74) is 1.41. The van der Waals surface area contributed by atoms with Crippen LogP contribution in [0, 0.1) is 0 Å². The zero-order valence-corrected chi connectivity index (χ0v) is 19.0. The minimum absolute atomic E-state index is 0.193. The summed E-state index contributed by atoms with van der Waals surface area (Å²) in [5.74, 6) is 0.0325. The van der Waals surface area contributed by atoms with Crippen LogP contribution in [0.3, 0.4) is 0 Å². The van der Waals surface area contributed by atoms with Crippen LogP contribution >= 0.6 is 39.3 Å². The zero-order valence-electron chi connectivity index (χ0n) is 15.8. The molecule has 0 aliphatic carbocycles. The molecule has 4 rings (SSSR count). The van der Waals surface area contributed by atoms with E-state index in [1.54, 1.807) is 48.5 Å². The Morgan fingerprint density at radius 2 is 1.77 bits per heavy atom. The smallest absolute Gasteiger partial charge is 0.294 e. The van der Waals surface area contributed by atoms with Crippen molar-refractivity contribution < 1.29 is 18.8 Å². The van der Waals surface area contributed by atoms with E-state index in [0.717, 1.165) is 26.7 Å². The van der Waals surface area contributed by atoms with Crippen LogP contribution in [0.4, 0.5) is 10.5 Å². The molecule has 1 aliphatic rings. The average molecular weight is 518 g/mol. The van der Waals surface area contributed by atoms with Crippen LogP contribution < -0.4 is 5.32 Å². The van der Waals surface area contributed by atoms with Gasteiger partial charge in [0.1, 0.15) is 18.1 Å². The Morgan fingerprint density at radius 1 is 1.06 bits per heavy atom. The molecule has 3 aromatic rings. The molecule has 1 aliphatic heterocycles. The lowest BCUT2D eigenvalue weighted by Crippen LogP contribution is -2.36. The van der Waals surface area contributed by atoms with Gasteiger partial charge in [-0.15, -0.1) is 0 Å². The number of thioether (sulfide) groups is 1. The third-order valence-corrected chi connectivity index (χ3v) is 6.02. The molecule has 9 heteroatoms. The molecule has 2 heterocycles. The van der Waals surface area contributed by atoms with E-state index in [1.807, 2.05) is 12.1 Å². The van der Waals surface area contributed by atoms with Crippen molar-refractivity contribution in [3.05, 3.63) is 80.8 Å². The number of hydrogen-bond acceptors (Lipinski definition) is 5. The van der Waals surface area contributed by atoms with Gasteiger partial charge in [0.05, 0.1) is 4.91 Å². The lowest BCUT2D eigenvalue weighted by atomic mass is 10.2. The van der Waals surface area contributed by atoms with Gasteiger partial charge in [0.15, 0.2) is 0 Å². The van der Waals surface area contributed by atoms with Gasteiger partial charge in [-0.05, 0) is 72.4 Å². The summed E-state index contributed by atoms with van der Waals surface area (Å²) in [5, 5.41) is 2.78. The monoisotopic (exact) mass is 516 g/mol. The number of hydrogen-bond donors (Lipinski definition) is 1. The molecule has 0 spiro atoms. The highest BCUT2D eigenvalue weighted by Crippen LogP contribution is 2.33. The van der Waals surface area contributed by atoms with Gasteiger partial charge in [-0.2, -0.15) is 0 Å². The molecule has 3 amide bonds. The molecule has 6 nitrogen and oxygen atoms in total. The van der Waals surface area contributed by atoms with Crippen LogP contribution in [0.15, 0.2) is 74.5 Å². The van der Waals surface area contributed by atoms with E-state index >= 15 is 0 Å². The quantitative estimate of drug-likeness (QED) is 0.418. The Kier molecular flexibility index (Phi) is 6.31. The van der Waals surface area contributed by atoms with Gasteiger partial charge < -0.3 is 9.73 Å². The van der Waals surface area contributed by atoms with Gasteiger partial charge >= 0.3 is 0 Å². The number of halogens is 2. The molecule has 1 fully saturated rings. The topological polar surface area (TPSA) is 79.6 Å². The first kappa shape index (κ1) is 21.4. The highest BCUT2D eigenvalue weighted by Gasteiger charge is 2.36. The Morgan fingerprint density at radius 3 is 2.48 bits per heavy atom. The van der Waals surface area contributed by atoms with Gasteiger partial charge in [0.2, 0.25) is 5.91 Å². The summed E-state index contributed by atoms with van der Waals surface area (Å²) in [6, 6.07) is 17.6. The van der Waals surface area contributed by atoms with E-state index in [2.05, 4.69) is 21.2 Å². The van der Waals surface area contributed by atoms with Crippen molar-refractivity contribution in [2.75, 3.05) is 11.9 Å². The Labute approximate surface area is 195 Å². The molecule has 2 aromatic carbocycles. The molecule has 1 saturated heterocycles. The predicted molar refractivity (Wildman–Crippen MR) is 125 cm³/mol. The number of nitrogens with zero attached hydrogens (tertiary/aromatic N) is 1. The second kappa shape index (κ2) is 9.13. The number of imide groups is 1. The minimum atomic E-state index is -0.537. The Hall–Kier alpha value is -2.81. The Balaban J connectivity index is 1.44. The van der Waals surface area contributed by atoms with Gasteiger partial charge in [-0.3, -0.25) is 19.3 Å². The molecule has 0 unspecified atom stereocenters. The number of rotatable bonds is 5.